The van der Waals surface area contributed by atoms with Gasteiger partial charge in [0.2, 0.25) is 0 Å². The van der Waals surface area contributed by atoms with E-state index in [4.69, 9.17) is 5.11 Å². The van der Waals surface area contributed by atoms with Crippen LogP contribution < -0.4 is 5.56 Å². The Morgan fingerprint density at radius 3 is 3.14 bits per heavy atom. The summed E-state index contributed by atoms with van der Waals surface area (Å²) in [7, 11) is 0. The molecule has 1 atom stereocenters. The van der Waals surface area contributed by atoms with Crippen LogP contribution >= 0.6 is 34.4 Å². The van der Waals surface area contributed by atoms with Gasteiger partial charge in [-0.25, -0.2) is 4.98 Å². The van der Waals surface area contributed by atoms with Crippen molar-refractivity contribution in [2.45, 2.75) is 23.6 Å². The summed E-state index contributed by atoms with van der Waals surface area (Å²) < 4.78 is 0.611. The Kier molecular flexibility index (Phi) is 4.90. The van der Waals surface area contributed by atoms with Crippen molar-refractivity contribution < 1.29 is 5.11 Å². The Hall–Kier alpha value is -0.0800. The predicted molar refractivity (Wildman–Crippen MR) is 64.6 cm³/mol. The highest BCUT2D eigenvalue weighted by Crippen LogP contribution is 2.24. The van der Waals surface area contributed by atoms with E-state index in [1.54, 1.807) is 0 Å². The number of nitrogens with zero attached hydrogens (tertiary/aromatic N) is 1. The molecule has 14 heavy (non-hydrogen) atoms. The van der Waals surface area contributed by atoms with Crippen LogP contribution in [-0.4, -0.2) is 26.9 Å². The van der Waals surface area contributed by atoms with Crippen molar-refractivity contribution >= 4 is 34.4 Å². The first kappa shape index (κ1) is 12.0. The van der Waals surface area contributed by atoms with Gasteiger partial charge in [0.1, 0.15) is 8.60 Å². The fourth-order valence-electron chi connectivity index (χ4n) is 0.880. The monoisotopic (exact) mass is 326 g/mol. The first-order chi connectivity index (χ1) is 6.65. The standard InChI is InChI=1S/C8H11IN2O2S/c1-5(2-3-12)14-8-6(9)7(13)10-4-11-8/h4-5,12H,2-3H2,1H3,(H,10,11,13). The van der Waals surface area contributed by atoms with E-state index < -0.39 is 0 Å². The number of halogens is 1. The highest BCUT2D eigenvalue weighted by molar-refractivity contribution is 14.1. The van der Waals surface area contributed by atoms with Gasteiger partial charge in [-0.1, -0.05) is 6.92 Å². The number of aromatic nitrogens is 2. The molecule has 4 nitrogen and oxygen atoms in total. The molecular weight excluding hydrogens is 315 g/mol. The van der Waals surface area contributed by atoms with Crippen LogP contribution in [0.2, 0.25) is 0 Å². The minimum absolute atomic E-state index is 0.112. The van der Waals surface area contributed by atoms with Crippen molar-refractivity contribution in [3.8, 4) is 0 Å². The smallest absolute Gasteiger partial charge is 0.265 e. The zero-order valence-corrected chi connectivity index (χ0v) is 10.6. The highest BCUT2D eigenvalue weighted by atomic mass is 127. The number of H-pyrrole nitrogens is 1. The van der Waals surface area contributed by atoms with Crippen LogP contribution in [0.1, 0.15) is 13.3 Å². The zero-order chi connectivity index (χ0) is 10.6. The van der Waals surface area contributed by atoms with Crippen LogP contribution in [0.5, 0.6) is 0 Å². The van der Waals surface area contributed by atoms with Crippen LogP contribution in [0.4, 0.5) is 0 Å². The van der Waals surface area contributed by atoms with Gasteiger partial charge in [-0.05, 0) is 29.0 Å². The van der Waals surface area contributed by atoms with Gasteiger partial charge in [-0.15, -0.1) is 11.8 Å². The molecule has 6 heteroatoms. The number of hydrogen-bond acceptors (Lipinski definition) is 4. The molecule has 78 valence electrons. The molecule has 1 aromatic rings. The maximum Gasteiger partial charge on any atom is 0.265 e. The number of hydrogen-bond donors (Lipinski definition) is 2. The lowest BCUT2D eigenvalue weighted by atomic mass is 10.3. The van der Waals surface area contributed by atoms with Crippen molar-refractivity contribution in [3.05, 3.63) is 20.3 Å². The van der Waals surface area contributed by atoms with E-state index in [2.05, 4.69) is 9.97 Å². The quantitative estimate of drug-likeness (QED) is 0.496. The van der Waals surface area contributed by atoms with Crippen molar-refractivity contribution in [1.82, 2.24) is 9.97 Å². The molecule has 1 unspecified atom stereocenters. The summed E-state index contributed by atoms with van der Waals surface area (Å²) in [4.78, 5) is 17.8. The Bertz CT molecular complexity index is 355. The second-order valence-corrected chi connectivity index (χ2v) is 5.30. The summed E-state index contributed by atoms with van der Waals surface area (Å²) in [6.45, 7) is 2.16. The Morgan fingerprint density at radius 1 is 1.79 bits per heavy atom. The van der Waals surface area contributed by atoms with E-state index in [0.29, 0.717) is 9.99 Å². The lowest BCUT2D eigenvalue weighted by molar-refractivity contribution is 0.289. The molecule has 0 fully saturated rings. The van der Waals surface area contributed by atoms with E-state index in [-0.39, 0.29) is 17.4 Å². The molecule has 1 heterocycles. The van der Waals surface area contributed by atoms with Gasteiger partial charge in [0.25, 0.3) is 5.56 Å². The molecule has 1 rings (SSSR count). The Labute approximate surface area is 99.7 Å². The van der Waals surface area contributed by atoms with Gasteiger partial charge in [-0.3, -0.25) is 4.79 Å². The summed E-state index contributed by atoms with van der Waals surface area (Å²) >= 11 is 3.49. The number of rotatable bonds is 4. The summed E-state index contributed by atoms with van der Waals surface area (Å²) in [6.07, 6.45) is 2.10. The molecule has 0 bridgehead atoms. The number of aliphatic hydroxyl groups excluding tert-OH is 1. The maximum absolute atomic E-state index is 11.2. The van der Waals surface area contributed by atoms with Crippen LogP contribution in [-0.2, 0) is 0 Å². The molecule has 0 aliphatic carbocycles. The van der Waals surface area contributed by atoms with Gasteiger partial charge in [0.15, 0.2) is 0 Å². The van der Waals surface area contributed by atoms with Crippen LogP contribution in [0.25, 0.3) is 0 Å². The SMILES string of the molecule is CC(CCO)Sc1nc[nH]c(=O)c1I. The second-order valence-electron chi connectivity index (χ2n) is 2.79. The van der Waals surface area contributed by atoms with E-state index in [1.165, 1.54) is 18.1 Å². The molecule has 2 N–H and O–H groups in total. The first-order valence-electron chi connectivity index (χ1n) is 4.16. The molecule has 0 spiro atoms. The maximum atomic E-state index is 11.2. The molecule has 0 saturated heterocycles. The van der Waals surface area contributed by atoms with Gasteiger partial charge < -0.3 is 10.1 Å². The molecule has 0 amide bonds. The highest BCUT2D eigenvalue weighted by Gasteiger charge is 2.10. The van der Waals surface area contributed by atoms with Gasteiger partial charge in [-0.2, -0.15) is 0 Å². The van der Waals surface area contributed by atoms with Crippen molar-refractivity contribution in [1.29, 1.82) is 0 Å². The molecule has 0 aliphatic rings. The summed E-state index contributed by atoms with van der Waals surface area (Å²) in [6, 6.07) is 0. The van der Waals surface area contributed by atoms with E-state index >= 15 is 0 Å². The molecule has 0 saturated carbocycles. The molecule has 1 aromatic heterocycles. The number of nitrogens with one attached hydrogen (secondary N) is 1. The molecule has 0 radical (unpaired) electrons. The van der Waals surface area contributed by atoms with Crippen LogP contribution in [0.3, 0.4) is 0 Å². The Morgan fingerprint density at radius 2 is 2.50 bits per heavy atom. The fraction of sp³-hybridized carbons (Fsp3) is 0.500. The fourth-order valence-corrected chi connectivity index (χ4v) is 2.47. The molecule has 0 aliphatic heterocycles. The minimum atomic E-state index is -0.112. The van der Waals surface area contributed by atoms with Crippen molar-refractivity contribution in [2.75, 3.05) is 6.61 Å². The van der Waals surface area contributed by atoms with Crippen LogP contribution in [0, 0.1) is 3.57 Å². The average Bonchev–Trinajstić information content (AvgIpc) is 2.13. The zero-order valence-electron chi connectivity index (χ0n) is 7.66. The summed E-state index contributed by atoms with van der Waals surface area (Å²) in [5, 5.41) is 9.73. The first-order valence-corrected chi connectivity index (χ1v) is 6.11. The number of thioether (sulfide) groups is 1. The lowest BCUT2D eigenvalue weighted by Crippen LogP contribution is -2.12. The second kappa shape index (κ2) is 5.72. The Balaban J connectivity index is 2.76. The lowest BCUT2D eigenvalue weighted by Gasteiger charge is -2.08. The van der Waals surface area contributed by atoms with Crippen molar-refractivity contribution in [2.24, 2.45) is 0 Å². The van der Waals surface area contributed by atoms with E-state index in [1.807, 2.05) is 29.5 Å². The predicted octanol–water partition coefficient (Wildman–Crippen LogP) is 1.24. The largest absolute Gasteiger partial charge is 0.396 e. The minimum Gasteiger partial charge on any atom is -0.396 e. The number of aromatic amines is 1. The van der Waals surface area contributed by atoms with Gasteiger partial charge in [0.05, 0.1) is 6.33 Å². The average molecular weight is 326 g/mol. The van der Waals surface area contributed by atoms with Crippen molar-refractivity contribution in [3.63, 3.8) is 0 Å². The normalized spacial score (nSPS) is 12.8. The van der Waals surface area contributed by atoms with Gasteiger partial charge in [0, 0.05) is 11.9 Å². The third-order valence-electron chi connectivity index (χ3n) is 1.61. The third kappa shape index (κ3) is 3.25. The van der Waals surface area contributed by atoms with Crippen LogP contribution in [0.15, 0.2) is 16.1 Å². The van der Waals surface area contributed by atoms with E-state index in [9.17, 15) is 4.79 Å². The molecular formula is C8H11IN2O2S. The molecule has 0 aromatic carbocycles. The number of aliphatic hydroxyl groups is 1. The third-order valence-corrected chi connectivity index (χ3v) is 4.15. The van der Waals surface area contributed by atoms with Gasteiger partial charge >= 0.3 is 0 Å². The topological polar surface area (TPSA) is 66.0 Å². The summed E-state index contributed by atoms with van der Waals surface area (Å²) in [5.74, 6) is 0. The van der Waals surface area contributed by atoms with E-state index in [0.717, 1.165) is 5.03 Å². The summed E-state index contributed by atoms with van der Waals surface area (Å²) in [5.41, 5.74) is -0.112.